The minimum atomic E-state index is -0.996. The third-order valence-electron chi connectivity index (χ3n) is 6.61. The van der Waals surface area contributed by atoms with Crippen molar-refractivity contribution in [2.75, 3.05) is 18.6 Å². The Morgan fingerprint density at radius 3 is 2.11 bits per heavy atom. The van der Waals surface area contributed by atoms with Gasteiger partial charge in [0.1, 0.15) is 28.4 Å². The van der Waals surface area contributed by atoms with Crippen molar-refractivity contribution >= 4 is 52.2 Å². The number of hydrogen-bond acceptors (Lipinski definition) is 11. The molecule has 0 fully saturated rings. The van der Waals surface area contributed by atoms with E-state index in [1.807, 2.05) is 0 Å². The Kier molecular flexibility index (Phi) is 8.23. The first kappa shape index (κ1) is 30.3. The van der Waals surface area contributed by atoms with Gasteiger partial charge in [-0.2, -0.15) is 0 Å². The minimum absolute atomic E-state index is 0.0928. The van der Waals surface area contributed by atoms with Crippen molar-refractivity contribution in [2.45, 2.75) is 0 Å². The van der Waals surface area contributed by atoms with Gasteiger partial charge in [0.15, 0.2) is 12.4 Å². The number of amides is 2. The van der Waals surface area contributed by atoms with E-state index in [1.165, 1.54) is 67.8 Å². The summed E-state index contributed by atoms with van der Waals surface area (Å²) < 4.78 is 16.0. The molecule has 0 aromatic heterocycles. The number of rotatable bonds is 10. The van der Waals surface area contributed by atoms with Crippen LogP contribution < -0.4 is 14.4 Å². The summed E-state index contributed by atoms with van der Waals surface area (Å²) in [5.41, 5.74) is -1.42. The Hall–Kier alpha value is -6.15. The Balaban J connectivity index is 1.27. The van der Waals surface area contributed by atoms with Crippen LogP contribution in [0, 0.1) is 20.2 Å². The van der Waals surface area contributed by atoms with Crippen LogP contribution in [-0.4, -0.2) is 47.1 Å². The van der Waals surface area contributed by atoms with E-state index >= 15 is 0 Å². The van der Waals surface area contributed by atoms with Crippen LogP contribution in [0.15, 0.2) is 78.9 Å². The number of ketones is 1. The van der Waals surface area contributed by atoms with Crippen LogP contribution in [0.5, 0.6) is 17.2 Å². The van der Waals surface area contributed by atoms with Gasteiger partial charge in [0, 0.05) is 29.8 Å². The van der Waals surface area contributed by atoms with Crippen molar-refractivity contribution in [3.63, 3.8) is 0 Å². The average molecular weight is 632 g/mol. The molecule has 0 aliphatic carbocycles. The highest BCUT2D eigenvalue weighted by molar-refractivity contribution is 6.40. The molecule has 0 saturated carbocycles. The Labute approximate surface area is 257 Å². The number of nitro groups is 2. The second-order valence-corrected chi connectivity index (χ2v) is 9.69. The highest BCUT2D eigenvalue weighted by Gasteiger charge is 2.43. The zero-order chi connectivity index (χ0) is 32.4. The summed E-state index contributed by atoms with van der Waals surface area (Å²) in [4.78, 5) is 73.3. The van der Waals surface area contributed by atoms with Crippen molar-refractivity contribution in [3.05, 3.63) is 126 Å². The van der Waals surface area contributed by atoms with Gasteiger partial charge in [-0.3, -0.25) is 34.6 Å². The number of esters is 1. The van der Waals surface area contributed by atoms with Gasteiger partial charge >= 0.3 is 5.97 Å². The first-order chi connectivity index (χ1) is 21.5. The number of carbonyl (C=O) groups is 4. The average Bonchev–Trinajstić information content (AvgIpc) is 3.29. The van der Waals surface area contributed by atoms with Crippen LogP contribution in [0.3, 0.4) is 0 Å². The molecule has 0 bridgehead atoms. The number of nitrogens with zero attached hydrogens (tertiary/aromatic N) is 3. The molecule has 0 unspecified atom stereocenters. The van der Waals surface area contributed by atoms with E-state index in [2.05, 4.69) is 0 Å². The summed E-state index contributed by atoms with van der Waals surface area (Å²) in [7, 11) is 1.21. The largest absolute Gasteiger partial charge is 0.496 e. The summed E-state index contributed by atoms with van der Waals surface area (Å²) >= 11 is 6.36. The highest BCUT2D eigenvalue weighted by atomic mass is 35.5. The first-order valence-electron chi connectivity index (χ1n) is 12.8. The van der Waals surface area contributed by atoms with E-state index in [1.54, 1.807) is 0 Å². The number of carbonyl (C=O) groups excluding carboxylic acids is 4. The van der Waals surface area contributed by atoms with E-state index in [-0.39, 0.29) is 38.8 Å². The minimum Gasteiger partial charge on any atom is -0.496 e. The van der Waals surface area contributed by atoms with Gasteiger partial charge in [0.05, 0.1) is 33.2 Å². The first-order valence-corrected chi connectivity index (χ1v) is 13.1. The van der Waals surface area contributed by atoms with Crippen molar-refractivity contribution in [1.82, 2.24) is 0 Å². The fourth-order valence-electron chi connectivity index (χ4n) is 4.45. The van der Waals surface area contributed by atoms with Crippen molar-refractivity contribution in [2.24, 2.45) is 0 Å². The smallest absolute Gasteiger partial charge is 0.342 e. The number of non-ortho nitro benzene ring substituents is 1. The Morgan fingerprint density at radius 2 is 1.51 bits per heavy atom. The molecule has 2 amide bonds. The third kappa shape index (κ3) is 5.89. The lowest BCUT2D eigenvalue weighted by molar-refractivity contribution is -0.385. The second kappa shape index (κ2) is 12.2. The lowest BCUT2D eigenvalue weighted by atomic mass is 10.1. The maximum absolute atomic E-state index is 13.1. The van der Waals surface area contributed by atoms with Gasteiger partial charge in [0.25, 0.3) is 23.2 Å². The normalized spacial score (nSPS) is 12.0. The maximum Gasteiger partial charge on any atom is 0.342 e. The summed E-state index contributed by atoms with van der Waals surface area (Å²) in [6, 6.07) is 17.2. The molecule has 4 aromatic carbocycles. The summed E-state index contributed by atoms with van der Waals surface area (Å²) in [6.07, 6.45) is 0. The Morgan fingerprint density at radius 1 is 0.867 bits per heavy atom. The molecule has 4 aromatic rings. The van der Waals surface area contributed by atoms with Crippen LogP contribution >= 0.6 is 11.6 Å². The standard InChI is InChI=1S/C30H18ClN3O11/c1-43-26-14-24(32-28(36)20-3-2-4-23(34(41)42)27(20)29(32)37)22(31)13-21(26)30(38)44-15-25(35)16-5-9-18(10-6-16)45-19-11-7-17(8-12-19)33(39)40/h2-14H,15H2,1H3. The highest BCUT2D eigenvalue weighted by Crippen LogP contribution is 2.40. The molecular formula is C30H18ClN3O11. The predicted molar refractivity (Wildman–Crippen MR) is 156 cm³/mol. The summed E-state index contributed by atoms with van der Waals surface area (Å²) in [6.45, 7) is -0.661. The van der Waals surface area contributed by atoms with Crippen LogP contribution in [0.25, 0.3) is 0 Å². The van der Waals surface area contributed by atoms with Crippen LogP contribution in [0.4, 0.5) is 17.1 Å². The quantitative estimate of drug-likeness (QED) is 0.0677. The number of Topliss-reactive ketones (excluding diaryl/α,β-unsaturated/α-hetero) is 1. The van der Waals surface area contributed by atoms with Gasteiger partial charge in [-0.1, -0.05) is 17.7 Å². The molecule has 0 spiro atoms. The molecular weight excluding hydrogens is 614 g/mol. The fourth-order valence-corrected chi connectivity index (χ4v) is 4.70. The molecule has 1 heterocycles. The fraction of sp³-hybridized carbons (Fsp3) is 0.0667. The van der Waals surface area contributed by atoms with E-state index in [9.17, 15) is 39.4 Å². The number of imide groups is 1. The molecule has 1 aliphatic heterocycles. The van der Waals surface area contributed by atoms with E-state index in [0.717, 1.165) is 18.2 Å². The molecule has 0 atom stereocenters. The van der Waals surface area contributed by atoms with Gasteiger partial charge in [-0.05, 0) is 48.5 Å². The number of anilines is 1. The molecule has 1 aliphatic rings. The molecule has 5 rings (SSSR count). The lowest BCUT2D eigenvalue weighted by Crippen LogP contribution is -2.30. The van der Waals surface area contributed by atoms with Crippen LogP contribution in [-0.2, 0) is 4.74 Å². The van der Waals surface area contributed by atoms with Gasteiger partial charge < -0.3 is 14.2 Å². The number of nitro benzene ring substituents is 2. The molecule has 0 saturated heterocycles. The molecule has 226 valence electrons. The van der Waals surface area contributed by atoms with Gasteiger partial charge in [0.2, 0.25) is 0 Å². The number of benzene rings is 4. The molecule has 14 nitrogen and oxygen atoms in total. The summed E-state index contributed by atoms with van der Waals surface area (Å²) in [5, 5.41) is 22.0. The van der Waals surface area contributed by atoms with E-state index in [0.29, 0.717) is 16.4 Å². The summed E-state index contributed by atoms with van der Waals surface area (Å²) in [5.74, 6) is -2.83. The SMILES string of the molecule is COc1cc(N2C(=O)c3cccc([N+](=O)[O-])c3C2=O)c(Cl)cc1C(=O)OCC(=O)c1ccc(Oc2ccc([N+](=O)[O-])cc2)cc1. The zero-order valence-corrected chi connectivity index (χ0v) is 23.7. The molecule has 15 heteroatoms. The van der Waals surface area contributed by atoms with E-state index in [4.69, 9.17) is 25.8 Å². The van der Waals surface area contributed by atoms with Crippen LogP contribution in [0.2, 0.25) is 5.02 Å². The predicted octanol–water partition coefficient (Wildman–Crippen LogP) is 5.80. The monoisotopic (exact) mass is 631 g/mol. The Bertz CT molecular complexity index is 1910. The third-order valence-corrected chi connectivity index (χ3v) is 6.92. The van der Waals surface area contributed by atoms with Crippen molar-refractivity contribution < 1.29 is 43.2 Å². The number of hydrogen-bond donors (Lipinski definition) is 0. The van der Waals surface area contributed by atoms with Crippen molar-refractivity contribution in [3.8, 4) is 17.2 Å². The lowest BCUT2D eigenvalue weighted by Gasteiger charge is -2.18. The number of ether oxygens (including phenoxy) is 3. The van der Waals surface area contributed by atoms with Gasteiger partial charge in [-0.25, -0.2) is 9.69 Å². The zero-order valence-electron chi connectivity index (χ0n) is 22.9. The van der Waals surface area contributed by atoms with Gasteiger partial charge in [-0.15, -0.1) is 0 Å². The molecule has 0 N–H and O–H groups in total. The van der Waals surface area contributed by atoms with Crippen LogP contribution in [0.1, 0.15) is 41.4 Å². The topological polar surface area (TPSA) is 185 Å². The molecule has 0 radical (unpaired) electrons. The number of methoxy groups -OCH3 is 1. The van der Waals surface area contributed by atoms with Crippen molar-refractivity contribution in [1.29, 1.82) is 0 Å². The maximum atomic E-state index is 13.1. The number of fused-ring (bicyclic) bond motifs is 1. The number of halogens is 1. The molecule has 45 heavy (non-hydrogen) atoms. The second-order valence-electron chi connectivity index (χ2n) is 9.28. The van der Waals surface area contributed by atoms with E-state index < -0.39 is 51.3 Å².